The van der Waals surface area contributed by atoms with E-state index in [2.05, 4.69) is 15.7 Å². The van der Waals surface area contributed by atoms with Crippen LogP contribution in [0.1, 0.15) is 11.4 Å². The summed E-state index contributed by atoms with van der Waals surface area (Å²) in [6.07, 6.45) is 0. The summed E-state index contributed by atoms with van der Waals surface area (Å²) in [5.74, 6) is 0. The fraction of sp³-hybridized carbons (Fsp3) is 0.600. The van der Waals surface area contributed by atoms with Gasteiger partial charge < -0.3 is 15.4 Å². The van der Waals surface area contributed by atoms with E-state index in [0.717, 1.165) is 11.4 Å². The van der Waals surface area contributed by atoms with E-state index in [1.165, 1.54) is 0 Å². The van der Waals surface area contributed by atoms with E-state index < -0.39 is 0 Å². The van der Waals surface area contributed by atoms with Crippen molar-refractivity contribution in [2.75, 3.05) is 20.3 Å². The third kappa shape index (κ3) is 4.16. The Morgan fingerprint density at radius 3 is 2.88 bits per heavy atom. The smallest absolute Gasteiger partial charge is 0.166 e. The molecule has 0 unspecified atom stereocenters. The minimum absolute atomic E-state index is 0.625. The summed E-state index contributed by atoms with van der Waals surface area (Å²) in [6.45, 7) is 4.01. The molecule has 2 N–H and O–H groups in total. The fourth-order valence-corrected chi connectivity index (χ4v) is 1.40. The third-order valence-electron chi connectivity index (χ3n) is 2.19. The lowest BCUT2D eigenvalue weighted by Gasteiger charge is -2.08. The minimum atomic E-state index is 0.625. The van der Waals surface area contributed by atoms with Crippen molar-refractivity contribution in [3.05, 3.63) is 17.5 Å². The number of ether oxygens (including phenoxy) is 1. The van der Waals surface area contributed by atoms with Gasteiger partial charge in [-0.25, -0.2) is 0 Å². The van der Waals surface area contributed by atoms with E-state index in [9.17, 15) is 0 Å². The van der Waals surface area contributed by atoms with Gasteiger partial charge in [0.1, 0.15) is 0 Å². The molecule has 0 amide bonds. The molecule has 6 heteroatoms. The molecule has 1 aromatic heterocycles. The molecule has 0 aliphatic rings. The number of aromatic nitrogens is 2. The van der Waals surface area contributed by atoms with Gasteiger partial charge in [0.05, 0.1) is 18.8 Å². The molecule has 1 rings (SSSR count). The fourth-order valence-electron chi connectivity index (χ4n) is 1.22. The normalized spacial score (nSPS) is 10.2. The summed E-state index contributed by atoms with van der Waals surface area (Å²) in [7, 11) is 3.59. The summed E-state index contributed by atoms with van der Waals surface area (Å²) < 4.78 is 6.75. The first-order valence-corrected chi connectivity index (χ1v) is 5.54. The highest BCUT2D eigenvalue weighted by atomic mass is 32.1. The molecular formula is C10H18N4OS. The van der Waals surface area contributed by atoms with Gasteiger partial charge in [0.2, 0.25) is 0 Å². The van der Waals surface area contributed by atoms with Crippen LogP contribution in [0.2, 0.25) is 0 Å². The Bertz CT molecular complexity index is 331. The van der Waals surface area contributed by atoms with Crippen molar-refractivity contribution in [2.24, 2.45) is 7.05 Å². The Labute approximate surface area is 101 Å². The molecule has 0 bridgehead atoms. The van der Waals surface area contributed by atoms with Crippen molar-refractivity contribution < 1.29 is 4.74 Å². The average molecular weight is 242 g/mol. The molecule has 0 saturated heterocycles. The van der Waals surface area contributed by atoms with Gasteiger partial charge in [0.15, 0.2) is 5.11 Å². The summed E-state index contributed by atoms with van der Waals surface area (Å²) in [5, 5.41) is 11.1. The monoisotopic (exact) mass is 242 g/mol. The predicted molar refractivity (Wildman–Crippen MR) is 67.3 cm³/mol. The van der Waals surface area contributed by atoms with Gasteiger partial charge in [0.25, 0.3) is 0 Å². The second-order valence-electron chi connectivity index (χ2n) is 3.50. The van der Waals surface area contributed by atoms with E-state index in [-0.39, 0.29) is 0 Å². The van der Waals surface area contributed by atoms with Crippen LogP contribution in [0, 0.1) is 6.92 Å². The van der Waals surface area contributed by atoms with Crippen molar-refractivity contribution in [1.82, 2.24) is 20.4 Å². The quantitative estimate of drug-likeness (QED) is 0.576. The van der Waals surface area contributed by atoms with Crippen LogP contribution < -0.4 is 10.6 Å². The maximum absolute atomic E-state index is 5.09. The first-order chi connectivity index (χ1) is 7.63. The number of nitrogens with one attached hydrogen (secondary N) is 2. The Morgan fingerprint density at radius 2 is 2.31 bits per heavy atom. The van der Waals surface area contributed by atoms with Gasteiger partial charge in [-0.3, -0.25) is 4.68 Å². The highest BCUT2D eigenvalue weighted by Crippen LogP contribution is 2.00. The van der Waals surface area contributed by atoms with Gasteiger partial charge in [0, 0.05) is 26.4 Å². The standard InChI is InChI=1S/C10H18N4OS/c1-8-6-9(13-14(8)2)7-12-10(16)11-4-5-15-3/h6H,4-5,7H2,1-3H3,(H2,11,12,16). The van der Waals surface area contributed by atoms with Crippen LogP contribution in [0.3, 0.4) is 0 Å². The molecule has 0 fully saturated rings. The van der Waals surface area contributed by atoms with Crippen LogP contribution >= 0.6 is 12.2 Å². The summed E-state index contributed by atoms with van der Waals surface area (Å²) in [4.78, 5) is 0. The zero-order chi connectivity index (χ0) is 12.0. The number of rotatable bonds is 5. The minimum Gasteiger partial charge on any atom is -0.383 e. The Balaban J connectivity index is 2.26. The lowest BCUT2D eigenvalue weighted by atomic mass is 10.4. The number of nitrogens with zero attached hydrogens (tertiary/aromatic N) is 2. The summed E-state index contributed by atoms with van der Waals surface area (Å²) in [6, 6.07) is 2.03. The lowest BCUT2D eigenvalue weighted by Crippen LogP contribution is -2.36. The first-order valence-electron chi connectivity index (χ1n) is 5.13. The van der Waals surface area contributed by atoms with Crippen molar-refractivity contribution in [1.29, 1.82) is 0 Å². The molecule has 0 atom stereocenters. The molecule has 1 heterocycles. The molecule has 0 aromatic carbocycles. The van der Waals surface area contributed by atoms with Gasteiger partial charge in [-0.15, -0.1) is 0 Å². The van der Waals surface area contributed by atoms with Gasteiger partial charge >= 0.3 is 0 Å². The Hall–Kier alpha value is -1.14. The molecule has 5 nitrogen and oxygen atoms in total. The van der Waals surface area contributed by atoms with E-state index in [0.29, 0.717) is 24.8 Å². The number of hydrogen-bond acceptors (Lipinski definition) is 3. The second kappa shape index (κ2) is 6.44. The molecular weight excluding hydrogens is 224 g/mol. The van der Waals surface area contributed by atoms with Crippen LogP contribution in [-0.4, -0.2) is 35.2 Å². The molecule has 1 aromatic rings. The predicted octanol–water partition coefficient (Wildman–Crippen LogP) is 0.339. The molecule has 0 aliphatic heterocycles. The summed E-state index contributed by atoms with van der Waals surface area (Å²) >= 11 is 5.09. The van der Waals surface area contributed by atoms with E-state index >= 15 is 0 Å². The molecule has 90 valence electrons. The largest absolute Gasteiger partial charge is 0.383 e. The average Bonchev–Trinajstić information content (AvgIpc) is 2.56. The number of aryl methyl sites for hydroxylation is 2. The van der Waals surface area contributed by atoms with Crippen LogP contribution in [-0.2, 0) is 18.3 Å². The van der Waals surface area contributed by atoms with E-state index in [1.54, 1.807) is 7.11 Å². The number of hydrogen-bond donors (Lipinski definition) is 2. The Morgan fingerprint density at radius 1 is 1.56 bits per heavy atom. The van der Waals surface area contributed by atoms with Crippen molar-refractivity contribution >= 4 is 17.3 Å². The van der Waals surface area contributed by atoms with E-state index in [4.69, 9.17) is 17.0 Å². The highest BCUT2D eigenvalue weighted by Gasteiger charge is 2.01. The van der Waals surface area contributed by atoms with Gasteiger partial charge in [-0.1, -0.05) is 0 Å². The molecule has 0 saturated carbocycles. The summed E-state index contributed by atoms with van der Waals surface area (Å²) in [5.41, 5.74) is 2.12. The van der Waals surface area contributed by atoms with Crippen molar-refractivity contribution in [3.8, 4) is 0 Å². The van der Waals surface area contributed by atoms with Crippen LogP contribution in [0.4, 0.5) is 0 Å². The number of thiocarbonyl (C=S) groups is 1. The van der Waals surface area contributed by atoms with Gasteiger partial charge in [-0.05, 0) is 25.2 Å². The molecule has 16 heavy (non-hydrogen) atoms. The molecule has 0 aliphatic carbocycles. The molecule has 0 spiro atoms. The Kier molecular flexibility index (Phi) is 5.21. The maximum Gasteiger partial charge on any atom is 0.166 e. The second-order valence-corrected chi connectivity index (χ2v) is 3.91. The zero-order valence-electron chi connectivity index (χ0n) is 9.91. The maximum atomic E-state index is 5.09. The third-order valence-corrected chi connectivity index (χ3v) is 2.47. The van der Waals surface area contributed by atoms with E-state index in [1.807, 2.05) is 24.7 Å². The molecule has 0 radical (unpaired) electrons. The highest BCUT2D eigenvalue weighted by molar-refractivity contribution is 7.80. The van der Waals surface area contributed by atoms with Crippen molar-refractivity contribution in [3.63, 3.8) is 0 Å². The van der Waals surface area contributed by atoms with Crippen molar-refractivity contribution in [2.45, 2.75) is 13.5 Å². The topological polar surface area (TPSA) is 51.1 Å². The number of methoxy groups -OCH3 is 1. The van der Waals surface area contributed by atoms with Crippen LogP contribution in [0.15, 0.2) is 6.07 Å². The zero-order valence-corrected chi connectivity index (χ0v) is 10.7. The van der Waals surface area contributed by atoms with Crippen LogP contribution in [0.5, 0.6) is 0 Å². The van der Waals surface area contributed by atoms with Crippen LogP contribution in [0.25, 0.3) is 0 Å². The first kappa shape index (κ1) is 12.9. The SMILES string of the molecule is COCCNC(=S)NCc1cc(C)n(C)n1. The lowest BCUT2D eigenvalue weighted by molar-refractivity contribution is 0.204. The van der Waals surface area contributed by atoms with Gasteiger partial charge in [-0.2, -0.15) is 5.10 Å².